The smallest absolute Gasteiger partial charge is 0.258 e. The molecule has 0 amide bonds. The van der Waals surface area contributed by atoms with Crippen molar-refractivity contribution in [2.75, 3.05) is 0 Å². The van der Waals surface area contributed by atoms with E-state index in [4.69, 9.17) is 0 Å². The number of carbonyl (C=O) groups excluding carboxylic acids is 1. The van der Waals surface area contributed by atoms with Crippen molar-refractivity contribution >= 4 is 33.5 Å². The number of nitrogens with zero attached hydrogens (tertiary/aromatic N) is 3. The molecule has 1 aromatic rings. The van der Waals surface area contributed by atoms with Crippen molar-refractivity contribution in [3.8, 4) is 0 Å². The van der Waals surface area contributed by atoms with Crippen LogP contribution in [-0.4, -0.2) is 16.0 Å². The van der Waals surface area contributed by atoms with Crippen molar-refractivity contribution in [2.24, 2.45) is 4.99 Å². The summed E-state index contributed by atoms with van der Waals surface area (Å²) in [6.45, 7) is 0. The predicted molar refractivity (Wildman–Crippen MR) is 46.4 cm³/mol. The van der Waals surface area contributed by atoms with E-state index in [1.165, 1.54) is 18.3 Å². The van der Waals surface area contributed by atoms with Crippen LogP contribution in [0, 0.1) is 10.1 Å². The summed E-state index contributed by atoms with van der Waals surface area (Å²) in [5.41, 5.74) is -0.335. The van der Waals surface area contributed by atoms with Gasteiger partial charge in [0.25, 0.3) is 0 Å². The fourth-order valence-electron chi connectivity index (χ4n) is 0.685. The maximum atomic E-state index is 10.4. The van der Waals surface area contributed by atoms with Gasteiger partial charge in [0.05, 0.1) is 4.92 Å². The molecule has 0 atom stereocenters. The van der Waals surface area contributed by atoms with E-state index in [2.05, 4.69) is 25.9 Å². The van der Waals surface area contributed by atoms with E-state index in [0.717, 1.165) is 0 Å². The van der Waals surface area contributed by atoms with Crippen molar-refractivity contribution in [3.63, 3.8) is 0 Å². The summed E-state index contributed by atoms with van der Waals surface area (Å²) in [5.74, 6) is -0.247. The average molecular weight is 244 g/mol. The normalized spacial score (nSPS) is 9.00. The van der Waals surface area contributed by atoms with E-state index in [9.17, 15) is 14.9 Å². The lowest BCUT2D eigenvalue weighted by atomic mass is 10.4. The minimum Gasteiger partial charge on any atom is -0.258 e. The summed E-state index contributed by atoms with van der Waals surface area (Å²) in [4.78, 5) is 26.3. The number of nitro groups is 1. The van der Waals surface area contributed by atoms with Gasteiger partial charge in [-0.3, -0.25) is 10.1 Å². The van der Waals surface area contributed by atoms with Gasteiger partial charge in [0.1, 0.15) is 0 Å². The van der Waals surface area contributed by atoms with Gasteiger partial charge in [-0.25, -0.2) is 9.78 Å². The van der Waals surface area contributed by atoms with Crippen LogP contribution in [0.3, 0.4) is 0 Å². The van der Waals surface area contributed by atoms with Gasteiger partial charge in [0.15, 0.2) is 0 Å². The number of aromatic nitrogens is 1. The third kappa shape index (κ3) is 2.17. The number of pyridine rings is 1. The molecule has 0 spiro atoms. The zero-order valence-corrected chi connectivity index (χ0v) is 7.69. The number of hydrogen-bond donors (Lipinski definition) is 0. The Morgan fingerprint density at radius 3 is 2.92 bits per heavy atom. The Morgan fingerprint density at radius 2 is 2.38 bits per heavy atom. The molecule has 1 rings (SSSR count). The summed E-state index contributed by atoms with van der Waals surface area (Å²) >= 11 is 3.01. The highest BCUT2D eigenvalue weighted by Gasteiger charge is 2.14. The van der Waals surface area contributed by atoms with Gasteiger partial charge in [-0.2, -0.15) is 0 Å². The first kappa shape index (κ1) is 9.50. The van der Waals surface area contributed by atoms with Crippen LogP contribution in [0.15, 0.2) is 21.7 Å². The van der Waals surface area contributed by atoms with Crippen molar-refractivity contribution in [1.29, 1.82) is 0 Å². The SMILES string of the molecule is O=C=Nc1ncc(Br)cc1[N+](=O)[O-]. The molecule has 0 saturated carbocycles. The maximum absolute atomic E-state index is 10.4. The van der Waals surface area contributed by atoms with Crippen molar-refractivity contribution < 1.29 is 9.72 Å². The monoisotopic (exact) mass is 243 g/mol. The van der Waals surface area contributed by atoms with Gasteiger partial charge in [0.2, 0.25) is 11.9 Å². The Bertz CT molecular complexity index is 400. The summed E-state index contributed by atoms with van der Waals surface area (Å²) in [6, 6.07) is 1.21. The van der Waals surface area contributed by atoms with Crippen LogP contribution >= 0.6 is 15.9 Å². The molecule has 0 aliphatic heterocycles. The largest absolute Gasteiger partial charge is 0.315 e. The van der Waals surface area contributed by atoms with Gasteiger partial charge in [0, 0.05) is 16.7 Å². The Kier molecular flexibility index (Phi) is 2.84. The molecule has 0 fully saturated rings. The van der Waals surface area contributed by atoms with Crippen molar-refractivity contribution in [1.82, 2.24) is 4.98 Å². The molecule has 0 saturated heterocycles. The third-order valence-corrected chi connectivity index (χ3v) is 1.60. The van der Waals surface area contributed by atoms with Crippen LogP contribution in [0.25, 0.3) is 0 Å². The molecule has 1 aromatic heterocycles. The highest BCUT2D eigenvalue weighted by atomic mass is 79.9. The first-order valence-corrected chi connectivity index (χ1v) is 3.82. The standard InChI is InChI=1S/C6H2BrN3O3/c7-4-1-5(10(12)13)6(8-2-4)9-3-11/h1-2H. The van der Waals surface area contributed by atoms with Crippen LogP contribution in [0.5, 0.6) is 0 Å². The number of aliphatic imine (C=N–C) groups is 1. The lowest BCUT2D eigenvalue weighted by Gasteiger charge is -1.94. The molecule has 1 heterocycles. The lowest BCUT2D eigenvalue weighted by Crippen LogP contribution is -1.90. The first-order chi connectivity index (χ1) is 6.15. The molecule has 66 valence electrons. The van der Waals surface area contributed by atoms with E-state index in [-0.39, 0.29) is 11.5 Å². The summed E-state index contributed by atoms with van der Waals surface area (Å²) < 4.78 is 0.448. The summed E-state index contributed by atoms with van der Waals surface area (Å²) in [7, 11) is 0. The van der Waals surface area contributed by atoms with Crippen LogP contribution in [-0.2, 0) is 4.79 Å². The zero-order chi connectivity index (χ0) is 9.84. The molecular weight excluding hydrogens is 242 g/mol. The lowest BCUT2D eigenvalue weighted by molar-refractivity contribution is -0.384. The van der Waals surface area contributed by atoms with Crippen molar-refractivity contribution in [2.45, 2.75) is 0 Å². The topological polar surface area (TPSA) is 85.5 Å². The van der Waals surface area contributed by atoms with Crippen LogP contribution < -0.4 is 0 Å². The summed E-state index contributed by atoms with van der Waals surface area (Å²) in [5, 5.41) is 10.4. The molecule has 6 nitrogen and oxygen atoms in total. The number of isocyanates is 1. The number of halogens is 1. The zero-order valence-electron chi connectivity index (χ0n) is 6.10. The Hall–Kier alpha value is -1.59. The van der Waals surface area contributed by atoms with Gasteiger partial charge >= 0.3 is 5.69 Å². The molecule has 7 heteroatoms. The minimum atomic E-state index is -0.673. The highest BCUT2D eigenvalue weighted by Crippen LogP contribution is 2.26. The predicted octanol–water partition coefficient (Wildman–Crippen LogP) is 1.72. The van der Waals surface area contributed by atoms with E-state index in [0.29, 0.717) is 4.47 Å². The molecular formula is C6H2BrN3O3. The molecule has 0 aliphatic carbocycles. The molecule has 0 aromatic carbocycles. The highest BCUT2D eigenvalue weighted by molar-refractivity contribution is 9.10. The van der Waals surface area contributed by atoms with Crippen LogP contribution in [0.1, 0.15) is 0 Å². The number of rotatable bonds is 2. The molecule has 0 aliphatic rings. The number of hydrogen-bond acceptors (Lipinski definition) is 5. The van der Waals surface area contributed by atoms with Gasteiger partial charge in [-0.05, 0) is 15.9 Å². The Balaban J connectivity index is 3.34. The quantitative estimate of drug-likeness (QED) is 0.343. The van der Waals surface area contributed by atoms with Crippen LogP contribution in [0.4, 0.5) is 11.5 Å². The molecule has 13 heavy (non-hydrogen) atoms. The van der Waals surface area contributed by atoms with E-state index in [1.807, 2.05) is 0 Å². The molecule has 0 bridgehead atoms. The molecule has 0 unspecified atom stereocenters. The fraction of sp³-hybridized carbons (Fsp3) is 0. The van der Waals surface area contributed by atoms with Gasteiger partial charge in [-0.15, -0.1) is 4.99 Å². The van der Waals surface area contributed by atoms with Crippen molar-refractivity contribution in [3.05, 3.63) is 26.9 Å². The van der Waals surface area contributed by atoms with Gasteiger partial charge < -0.3 is 0 Å². The second-order valence-corrected chi connectivity index (χ2v) is 2.87. The van der Waals surface area contributed by atoms with Gasteiger partial charge in [-0.1, -0.05) is 0 Å². The Morgan fingerprint density at radius 1 is 1.69 bits per heavy atom. The second-order valence-electron chi connectivity index (χ2n) is 1.96. The minimum absolute atomic E-state index is 0.247. The second kappa shape index (κ2) is 3.88. The average Bonchev–Trinajstić information content (AvgIpc) is 2.08. The fourth-order valence-corrected chi connectivity index (χ4v) is 1.00. The Labute approximate surface area is 80.6 Å². The molecule has 0 radical (unpaired) electrons. The first-order valence-electron chi connectivity index (χ1n) is 3.03. The van der Waals surface area contributed by atoms with Crippen LogP contribution in [0.2, 0.25) is 0 Å². The third-order valence-electron chi connectivity index (χ3n) is 1.16. The van der Waals surface area contributed by atoms with E-state index >= 15 is 0 Å². The van der Waals surface area contributed by atoms with E-state index < -0.39 is 4.92 Å². The molecule has 0 N–H and O–H groups in total. The van der Waals surface area contributed by atoms with E-state index in [1.54, 1.807) is 0 Å². The maximum Gasteiger partial charge on any atom is 0.315 e. The summed E-state index contributed by atoms with van der Waals surface area (Å²) in [6.07, 6.45) is 2.50.